The number of nitrogens with zero attached hydrogens (tertiary/aromatic N) is 1. The summed E-state index contributed by atoms with van der Waals surface area (Å²) in [6.07, 6.45) is 4.54. The average Bonchev–Trinajstić information content (AvgIpc) is 2.59. The predicted molar refractivity (Wildman–Crippen MR) is 89.8 cm³/mol. The highest BCUT2D eigenvalue weighted by Gasteiger charge is 2.60. The number of nitro benzene ring substituents is 1. The number of allylic oxidation sites excluding steroid dienone is 1. The maximum Gasteiger partial charge on any atom is 0.273 e. The first-order valence-electron chi connectivity index (χ1n) is 8.58. The Morgan fingerprint density at radius 3 is 2.62 bits per heavy atom. The van der Waals surface area contributed by atoms with Gasteiger partial charge in [-0.2, -0.15) is 0 Å². The summed E-state index contributed by atoms with van der Waals surface area (Å²) in [6, 6.07) is 7.05. The summed E-state index contributed by atoms with van der Waals surface area (Å²) in [5.74, 6) is 0.933. The molecule has 0 N–H and O–H groups in total. The van der Waals surface area contributed by atoms with E-state index in [1.54, 1.807) is 12.1 Å². The number of hydrogen-bond donors (Lipinski definition) is 0. The van der Waals surface area contributed by atoms with Crippen molar-refractivity contribution in [3.63, 3.8) is 0 Å². The summed E-state index contributed by atoms with van der Waals surface area (Å²) >= 11 is 0. The number of ether oxygens (including phenoxy) is 2. The molecule has 6 atom stereocenters. The van der Waals surface area contributed by atoms with Gasteiger partial charge in [-0.05, 0) is 20.8 Å². The molecular formula is C19H23NO4. The quantitative estimate of drug-likeness (QED) is 0.482. The lowest BCUT2D eigenvalue weighted by Crippen LogP contribution is -2.42. The molecule has 0 aromatic heterocycles. The molecule has 1 aromatic rings. The summed E-state index contributed by atoms with van der Waals surface area (Å²) in [6.45, 7) is 6.96. The smallest absolute Gasteiger partial charge is 0.273 e. The molecule has 5 heteroatoms. The molecule has 4 rings (SSSR count). The zero-order valence-corrected chi connectivity index (χ0v) is 14.2. The molecule has 1 saturated carbocycles. The topological polar surface area (TPSA) is 61.6 Å². The molecule has 0 spiro atoms. The maximum atomic E-state index is 11.5. The van der Waals surface area contributed by atoms with E-state index >= 15 is 0 Å². The molecule has 3 aliphatic rings. The number of nitro groups is 1. The van der Waals surface area contributed by atoms with Crippen molar-refractivity contribution in [1.82, 2.24) is 0 Å². The van der Waals surface area contributed by atoms with Gasteiger partial charge in [0.05, 0.1) is 29.3 Å². The largest absolute Gasteiger partial charge is 0.377 e. The Hall–Kier alpha value is -1.72. The van der Waals surface area contributed by atoms with Crippen LogP contribution in [0.1, 0.15) is 32.3 Å². The van der Waals surface area contributed by atoms with Gasteiger partial charge in [0.25, 0.3) is 5.69 Å². The number of fused-ring (bicyclic) bond motifs is 5. The molecule has 0 radical (unpaired) electrons. The highest BCUT2D eigenvalue weighted by atomic mass is 16.6. The zero-order valence-electron chi connectivity index (χ0n) is 14.2. The first-order valence-corrected chi connectivity index (χ1v) is 8.58. The maximum absolute atomic E-state index is 11.5. The van der Waals surface area contributed by atoms with Crippen molar-refractivity contribution < 1.29 is 14.4 Å². The van der Waals surface area contributed by atoms with Crippen LogP contribution < -0.4 is 0 Å². The van der Waals surface area contributed by atoms with Crippen LogP contribution in [-0.2, 0) is 9.47 Å². The molecule has 0 amide bonds. The first kappa shape index (κ1) is 15.8. The molecule has 1 saturated heterocycles. The van der Waals surface area contributed by atoms with E-state index in [1.165, 1.54) is 0 Å². The highest BCUT2D eigenvalue weighted by Crippen LogP contribution is 2.56. The van der Waals surface area contributed by atoms with Gasteiger partial charge >= 0.3 is 0 Å². The lowest BCUT2D eigenvalue weighted by Gasteiger charge is -2.38. The van der Waals surface area contributed by atoms with E-state index in [-0.39, 0.29) is 40.3 Å². The van der Waals surface area contributed by atoms with Crippen molar-refractivity contribution in [2.75, 3.05) is 6.61 Å². The lowest BCUT2D eigenvalue weighted by molar-refractivity contribution is -0.385. The van der Waals surface area contributed by atoms with Crippen molar-refractivity contribution in [1.29, 1.82) is 0 Å². The van der Waals surface area contributed by atoms with Crippen LogP contribution in [0.4, 0.5) is 5.69 Å². The third-order valence-corrected chi connectivity index (χ3v) is 5.47. The number of para-hydroxylation sites is 1. The van der Waals surface area contributed by atoms with Gasteiger partial charge in [0.1, 0.15) is 0 Å². The lowest BCUT2D eigenvalue weighted by atomic mass is 9.77. The third-order valence-electron chi connectivity index (χ3n) is 5.47. The van der Waals surface area contributed by atoms with Gasteiger partial charge in [-0.25, -0.2) is 0 Å². The fourth-order valence-corrected chi connectivity index (χ4v) is 4.58. The molecule has 2 bridgehead atoms. The van der Waals surface area contributed by atoms with Gasteiger partial charge in [0.2, 0.25) is 0 Å². The van der Waals surface area contributed by atoms with E-state index < -0.39 is 0 Å². The van der Waals surface area contributed by atoms with Crippen LogP contribution in [0.3, 0.4) is 0 Å². The number of benzene rings is 1. The number of rotatable bonds is 3. The standard InChI is InChI=1S/C19H23NO4/c1-19(2,3)24-18-13-9-8-12(16(18)17-14(13)10-23-17)11-6-4-5-7-15(11)20(21)22/h4-9,12-14,16-18H,10H2,1-3H3/t12-,13+,14-,16-,17-,18+/m0/s1. The molecule has 5 nitrogen and oxygen atoms in total. The molecule has 128 valence electrons. The van der Waals surface area contributed by atoms with Gasteiger partial charge in [0.15, 0.2) is 0 Å². The molecule has 0 unspecified atom stereocenters. The first-order chi connectivity index (χ1) is 11.4. The summed E-state index contributed by atoms with van der Waals surface area (Å²) in [4.78, 5) is 11.2. The Morgan fingerprint density at radius 2 is 2.00 bits per heavy atom. The van der Waals surface area contributed by atoms with Gasteiger partial charge in [-0.3, -0.25) is 10.1 Å². The van der Waals surface area contributed by atoms with Gasteiger partial charge in [-0.1, -0.05) is 30.4 Å². The molecule has 2 aliphatic carbocycles. The van der Waals surface area contributed by atoms with E-state index in [4.69, 9.17) is 9.47 Å². The van der Waals surface area contributed by atoms with Crippen LogP contribution in [-0.4, -0.2) is 29.3 Å². The Balaban J connectivity index is 1.74. The zero-order chi connectivity index (χ0) is 17.1. The summed E-state index contributed by atoms with van der Waals surface area (Å²) < 4.78 is 12.3. The fraction of sp³-hybridized carbons (Fsp3) is 0.579. The second kappa shape index (κ2) is 5.39. The van der Waals surface area contributed by atoms with Crippen molar-refractivity contribution in [3.05, 3.63) is 52.1 Å². The fourth-order valence-electron chi connectivity index (χ4n) is 4.58. The number of hydrogen-bond acceptors (Lipinski definition) is 4. The normalized spacial score (nSPS) is 37.0. The molecule has 2 fully saturated rings. The Labute approximate surface area is 141 Å². The minimum atomic E-state index is -0.289. The predicted octanol–water partition coefficient (Wildman–Crippen LogP) is 3.69. The van der Waals surface area contributed by atoms with Gasteiger partial charge in [0, 0.05) is 35.3 Å². The molecule has 24 heavy (non-hydrogen) atoms. The Morgan fingerprint density at radius 1 is 1.25 bits per heavy atom. The van der Waals surface area contributed by atoms with Crippen LogP contribution in [0.5, 0.6) is 0 Å². The van der Waals surface area contributed by atoms with E-state index in [9.17, 15) is 10.1 Å². The minimum absolute atomic E-state index is 0.0366. The Bertz CT molecular complexity index is 693. The van der Waals surface area contributed by atoms with E-state index in [1.807, 2.05) is 12.1 Å². The van der Waals surface area contributed by atoms with Gasteiger partial charge in [-0.15, -0.1) is 0 Å². The van der Waals surface area contributed by atoms with Crippen LogP contribution in [0.15, 0.2) is 36.4 Å². The van der Waals surface area contributed by atoms with Crippen LogP contribution >= 0.6 is 0 Å². The average molecular weight is 329 g/mol. The monoisotopic (exact) mass is 329 g/mol. The van der Waals surface area contributed by atoms with Crippen LogP contribution in [0, 0.1) is 27.9 Å². The second-order valence-electron chi connectivity index (χ2n) is 8.04. The van der Waals surface area contributed by atoms with E-state index in [0.29, 0.717) is 11.8 Å². The van der Waals surface area contributed by atoms with Crippen molar-refractivity contribution >= 4 is 5.69 Å². The van der Waals surface area contributed by atoms with Crippen molar-refractivity contribution in [2.24, 2.45) is 17.8 Å². The molecule has 1 heterocycles. The van der Waals surface area contributed by atoms with E-state index in [2.05, 4.69) is 32.9 Å². The third kappa shape index (κ3) is 2.38. The highest BCUT2D eigenvalue weighted by molar-refractivity contribution is 5.46. The minimum Gasteiger partial charge on any atom is -0.377 e. The molecular weight excluding hydrogens is 306 g/mol. The summed E-state index contributed by atoms with van der Waals surface area (Å²) in [7, 11) is 0. The van der Waals surface area contributed by atoms with Crippen molar-refractivity contribution in [2.45, 2.75) is 44.5 Å². The molecule has 1 aromatic carbocycles. The molecule has 1 aliphatic heterocycles. The van der Waals surface area contributed by atoms with Crippen LogP contribution in [0.2, 0.25) is 0 Å². The van der Waals surface area contributed by atoms with Crippen LogP contribution in [0.25, 0.3) is 0 Å². The summed E-state index contributed by atoms with van der Waals surface area (Å²) in [5.41, 5.74) is 0.701. The Kier molecular flexibility index (Phi) is 3.55. The van der Waals surface area contributed by atoms with Crippen molar-refractivity contribution in [3.8, 4) is 0 Å². The second-order valence-corrected chi connectivity index (χ2v) is 8.04. The van der Waals surface area contributed by atoms with Gasteiger partial charge < -0.3 is 9.47 Å². The summed E-state index contributed by atoms with van der Waals surface area (Å²) in [5, 5.41) is 11.5. The van der Waals surface area contributed by atoms with E-state index in [0.717, 1.165) is 12.2 Å². The SMILES string of the molecule is CC(C)(C)O[C@@H]1[C@@H]2C=C[C@@H](c3ccccc3[N+](=O)[O-])[C@H]1[C@H]1OC[C@@H]21.